The van der Waals surface area contributed by atoms with Crippen LogP contribution in [-0.2, 0) is 10.0 Å². The van der Waals surface area contributed by atoms with Gasteiger partial charge in [-0.1, -0.05) is 29.4 Å². The van der Waals surface area contributed by atoms with E-state index in [0.29, 0.717) is 0 Å². The first kappa shape index (κ1) is 21.5. The number of nitrogens with zero attached hydrogens (tertiary/aromatic N) is 1. The molecule has 0 unspecified atom stereocenters. The van der Waals surface area contributed by atoms with E-state index in [1.54, 1.807) is 0 Å². The summed E-state index contributed by atoms with van der Waals surface area (Å²) in [5, 5.41) is 2.41. The van der Waals surface area contributed by atoms with Gasteiger partial charge in [-0.25, -0.2) is 17.1 Å². The van der Waals surface area contributed by atoms with E-state index in [1.807, 2.05) is 0 Å². The summed E-state index contributed by atoms with van der Waals surface area (Å²) in [6.45, 7) is 0. The molecule has 2 rings (SSSR count). The molecule has 0 aliphatic carbocycles. The van der Waals surface area contributed by atoms with Gasteiger partial charge in [0, 0.05) is 19.7 Å². The number of hydrogen-bond acceptors (Lipinski definition) is 4. The third-order valence-electron chi connectivity index (χ3n) is 3.37. The Kier molecular flexibility index (Phi) is 6.79. The van der Waals surface area contributed by atoms with Crippen LogP contribution >= 0.6 is 23.4 Å². The van der Waals surface area contributed by atoms with Crippen molar-refractivity contribution in [1.82, 2.24) is 4.31 Å². The van der Waals surface area contributed by atoms with Crippen LogP contribution in [0.3, 0.4) is 0 Å². The molecule has 1 amide bonds. The Labute approximate surface area is 163 Å². The summed E-state index contributed by atoms with van der Waals surface area (Å²) >= 11 is 6.06. The maximum absolute atomic E-state index is 13.9. The van der Waals surface area contributed by atoms with Crippen molar-refractivity contribution in [3.63, 3.8) is 0 Å². The smallest absolute Gasteiger partial charge is 0.289 e. The zero-order chi connectivity index (χ0) is 20.4. The van der Waals surface area contributed by atoms with Crippen molar-refractivity contribution in [1.29, 1.82) is 0 Å². The molecule has 0 heterocycles. The zero-order valence-electron chi connectivity index (χ0n) is 14.0. The number of nitrogens with one attached hydrogen (secondary N) is 1. The average molecular weight is 439 g/mol. The summed E-state index contributed by atoms with van der Waals surface area (Å²) in [7, 11) is -1.67. The number of sulfonamides is 1. The first-order valence-corrected chi connectivity index (χ1v) is 10.0. The largest absolute Gasteiger partial charge is 0.321 e. The fourth-order valence-corrected chi connectivity index (χ4v) is 3.95. The Bertz CT molecular complexity index is 969. The Hall–Kier alpha value is -1.75. The molecule has 5 nitrogen and oxygen atoms in total. The van der Waals surface area contributed by atoms with Gasteiger partial charge in [-0.15, -0.1) is 0 Å². The second-order valence-corrected chi connectivity index (χ2v) is 8.91. The number of rotatable bonds is 6. The zero-order valence-corrected chi connectivity index (χ0v) is 16.4. The Morgan fingerprint density at radius 2 is 1.89 bits per heavy atom. The second kappa shape index (κ2) is 8.51. The van der Waals surface area contributed by atoms with E-state index < -0.39 is 32.4 Å². The number of halogens is 4. The van der Waals surface area contributed by atoms with E-state index in [9.17, 15) is 26.4 Å². The van der Waals surface area contributed by atoms with Crippen molar-refractivity contribution in [2.24, 2.45) is 0 Å². The van der Waals surface area contributed by atoms with E-state index in [0.717, 1.165) is 22.5 Å². The monoisotopic (exact) mass is 438 g/mol. The van der Waals surface area contributed by atoms with Crippen molar-refractivity contribution in [2.75, 3.05) is 19.4 Å². The summed E-state index contributed by atoms with van der Waals surface area (Å²) < 4.78 is 64.5. The maximum Gasteiger partial charge on any atom is 0.289 e. The average Bonchev–Trinajstić information content (AvgIpc) is 2.57. The predicted octanol–water partition coefficient (Wildman–Crippen LogP) is 4.30. The molecule has 0 atom stereocenters. The fourth-order valence-electron chi connectivity index (χ4n) is 2.05. The van der Waals surface area contributed by atoms with Gasteiger partial charge >= 0.3 is 0 Å². The number of anilines is 1. The number of thioether (sulfide) groups is 1. The molecule has 0 bridgehead atoms. The highest BCUT2D eigenvalue weighted by atomic mass is 35.5. The highest BCUT2D eigenvalue weighted by Crippen LogP contribution is 2.37. The number of alkyl halides is 2. The van der Waals surface area contributed by atoms with Gasteiger partial charge < -0.3 is 5.32 Å². The normalized spacial score (nSPS) is 11.9. The highest BCUT2D eigenvalue weighted by Gasteiger charge is 2.24. The quantitative estimate of drug-likeness (QED) is 0.683. The molecular weight excluding hydrogens is 425 g/mol. The summed E-state index contributed by atoms with van der Waals surface area (Å²) in [4.78, 5) is 11.7. The molecule has 0 fully saturated rings. The standard InChI is InChI=1S/C16H14ClF3N2O3S2/c1-22(2)27(24,25)13-8-9(6-7-11(13)18)15(23)21-12-5-3-4-10(17)14(12)26-16(19)20/h3-8,16H,1-2H3,(H,21,23). The molecule has 2 aromatic rings. The van der Waals surface area contributed by atoms with Crippen LogP contribution in [0.15, 0.2) is 46.2 Å². The van der Waals surface area contributed by atoms with Crippen molar-refractivity contribution in [3.05, 3.63) is 52.8 Å². The number of benzene rings is 2. The van der Waals surface area contributed by atoms with Crippen LogP contribution in [0.2, 0.25) is 5.02 Å². The van der Waals surface area contributed by atoms with Crippen LogP contribution in [0, 0.1) is 5.82 Å². The van der Waals surface area contributed by atoms with Crippen LogP contribution < -0.4 is 5.32 Å². The molecule has 0 spiro atoms. The minimum absolute atomic E-state index is 0.0214. The van der Waals surface area contributed by atoms with Crippen molar-refractivity contribution in [3.8, 4) is 0 Å². The van der Waals surface area contributed by atoms with Gasteiger partial charge in [0.1, 0.15) is 10.7 Å². The summed E-state index contributed by atoms with van der Waals surface area (Å²) in [6, 6.07) is 7.03. The van der Waals surface area contributed by atoms with Crippen LogP contribution in [0.4, 0.5) is 18.9 Å². The van der Waals surface area contributed by atoms with Gasteiger partial charge in [-0.05, 0) is 30.3 Å². The van der Waals surface area contributed by atoms with Crippen LogP contribution in [0.1, 0.15) is 10.4 Å². The lowest BCUT2D eigenvalue weighted by Gasteiger charge is -2.14. The van der Waals surface area contributed by atoms with E-state index in [4.69, 9.17) is 11.6 Å². The van der Waals surface area contributed by atoms with Gasteiger partial charge in [0.25, 0.3) is 11.7 Å². The molecule has 0 aromatic heterocycles. The van der Waals surface area contributed by atoms with Crippen molar-refractivity contribution < 1.29 is 26.4 Å². The lowest BCUT2D eigenvalue weighted by molar-refractivity contribution is 0.102. The third-order valence-corrected chi connectivity index (χ3v) is 6.48. The summed E-state index contributed by atoms with van der Waals surface area (Å²) in [5.41, 5.74) is -0.135. The first-order valence-electron chi connectivity index (χ1n) is 7.30. The Balaban J connectivity index is 2.40. The van der Waals surface area contributed by atoms with Gasteiger partial charge in [0.2, 0.25) is 10.0 Å². The molecule has 0 saturated heterocycles. The molecule has 0 aliphatic heterocycles. The van der Waals surface area contributed by atoms with Gasteiger partial charge in [0.05, 0.1) is 15.6 Å². The third kappa shape index (κ3) is 4.95. The van der Waals surface area contributed by atoms with Crippen LogP contribution in [-0.4, -0.2) is 38.5 Å². The van der Waals surface area contributed by atoms with E-state index in [-0.39, 0.29) is 32.9 Å². The lowest BCUT2D eigenvalue weighted by Crippen LogP contribution is -2.24. The minimum Gasteiger partial charge on any atom is -0.321 e. The van der Waals surface area contributed by atoms with Crippen molar-refractivity contribution in [2.45, 2.75) is 15.5 Å². The lowest BCUT2D eigenvalue weighted by atomic mass is 10.2. The molecule has 146 valence electrons. The Morgan fingerprint density at radius 1 is 1.22 bits per heavy atom. The van der Waals surface area contributed by atoms with E-state index in [2.05, 4.69) is 5.32 Å². The first-order chi connectivity index (χ1) is 12.5. The molecule has 0 radical (unpaired) electrons. The fraction of sp³-hybridized carbons (Fsp3) is 0.188. The molecule has 27 heavy (non-hydrogen) atoms. The number of carbonyl (C=O) groups is 1. The minimum atomic E-state index is -4.11. The molecule has 0 aliphatic rings. The van der Waals surface area contributed by atoms with Crippen LogP contribution in [0.25, 0.3) is 0 Å². The number of amides is 1. The molecule has 1 N–H and O–H groups in total. The SMILES string of the molecule is CN(C)S(=O)(=O)c1cc(C(=O)Nc2cccc(Cl)c2SC(F)F)ccc1F. The number of hydrogen-bond donors (Lipinski definition) is 1. The molecule has 11 heteroatoms. The molecular formula is C16H14ClF3N2O3S2. The maximum atomic E-state index is 13.9. The summed E-state index contributed by atoms with van der Waals surface area (Å²) in [6.07, 6.45) is 0. The Morgan fingerprint density at radius 3 is 2.48 bits per heavy atom. The second-order valence-electron chi connectivity index (χ2n) is 5.38. The van der Waals surface area contributed by atoms with E-state index in [1.165, 1.54) is 32.3 Å². The van der Waals surface area contributed by atoms with Gasteiger partial charge in [0.15, 0.2) is 0 Å². The van der Waals surface area contributed by atoms with E-state index >= 15 is 0 Å². The molecule has 0 saturated carbocycles. The molecule has 2 aromatic carbocycles. The topological polar surface area (TPSA) is 66.5 Å². The number of carbonyl (C=O) groups excluding carboxylic acids is 1. The van der Waals surface area contributed by atoms with Crippen molar-refractivity contribution >= 4 is 45.0 Å². The predicted molar refractivity (Wildman–Crippen MR) is 98.5 cm³/mol. The van der Waals surface area contributed by atoms with Crippen LogP contribution in [0.5, 0.6) is 0 Å². The van der Waals surface area contributed by atoms with Gasteiger partial charge in [-0.3, -0.25) is 4.79 Å². The summed E-state index contributed by atoms with van der Waals surface area (Å²) in [5.74, 6) is -4.58. The van der Waals surface area contributed by atoms with Gasteiger partial charge in [-0.2, -0.15) is 8.78 Å². The highest BCUT2D eigenvalue weighted by molar-refractivity contribution is 7.99.